The van der Waals surface area contributed by atoms with E-state index in [4.69, 9.17) is 0 Å². The zero-order valence-corrected chi connectivity index (χ0v) is 16.4. The predicted molar refractivity (Wildman–Crippen MR) is 112 cm³/mol. The summed E-state index contributed by atoms with van der Waals surface area (Å²) in [6.45, 7) is 2.29. The van der Waals surface area contributed by atoms with Crippen molar-refractivity contribution in [3.63, 3.8) is 0 Å². The molecule has 0 aromatic heterocycles. The molecule has 2 rings (SSSR count). The van der Waals surface area contributed by atoms with E-state index >= 15 is 0 Å². The van der Waals surface area contributed by atoms with Crippen molar-refractivity contribution in [3.05, 3.63) is 48.0 Å². The van der Waals surface area contributed by atoms with Crippen LogP contribution in [0.2, 0.25) is 0 Å². The minimum atomic E-state index is 1.24. The number of rotatable bonds is 14. The molecular formula is C25H38. The molecule has 0 aliphatic heterocycles. The number of aryl methyl sites for hydroxylation is 1. The molecule has 138 valence electrons. The van der Waals surface area contributed by atoms with Gasteiger partial charge in [0.25, 0.3) is 0 Å². The van der Waals surface area contributed by atoms with Crippen molar-refractivity contribution in [1.29, 1.82) is 0 Å². The lowest BCUT2D eigenvalue weighted by molar-refractivity contribution is 0.539. The quantitative estimate of drug-likeness (QED) is 0.303. The Hall–Kier alpha value is -1.30. The molecule has 25 heavy (non-hydrogen) atoms. The van der Waals surface area contributed by atoms with E-state index in [2.05, 4.69) is 49.4 Å². The molecule has 0 aromatic rings. The van der Waals surface area contributed by atoms with Crippen molar-refractivity contribution in [2.45, 2.75) is 96.8 Å². The van der Waals surface area contributed by atoms with Crippen LogP contribution in [0.1, 0.15) is 96.0 Å². The van der Waals surface area contributed by atoms with Gasteiger partial charge in [-0.25, -0.2) is 0 Å². The average Bonchev–Trinajstić information content (AvgIpc) is 2.86. The maximum Gasteiger partial charge on any atom is -0.0152 e. The number of unbranched alkanes of at least 4 members (excludes halogenated alkanes) is 12. The molecule has 0 heteroatoms. The summed E-state index contributed by atoms with van der Waals surface area (Å²) in [6, 6.07) is 15.5. The minimum absolute atomic E-state index is 1.24. The maximum atomic E-state index is 2.32. The Balaban J connectivity index is 1.44. The third-order valence-corrected chi connectivity index (χ3v) is 5.43. The summed E-state index contributed by atoms with van der Waals surface area (Å²) in [4.78, 5) is 0. The standard InChI is InChI=1S/C25H38/c1-2-3-4-5-6-7-8-9-10-11-12-13-15-18-23-21-22-24-19-16-14-17-20-25(23)24/h14,16-17,19-22H,2-13,15,18H2,1H3. The maximum absolute atomic E-state index is 2.32. The van der Waals surface area contributed by atoms with E-state index in [0.29, 0.717) is 0 Å². The highest BCUT2D eigenvalue weighted by molar-refractivity contribution is 5.70. The normalized spacial score (nSPS) is 11.2. The van der Waals surface area contributed by atoms with Crippen molar-refractivity contribution >= 4 is 0 Å². The topological polar surface area (TPSA) is 0 Å². The lowest BCUT2D eigenvalue weighted by atomic mass is 10.0. The number of fused-ring (bicyclic) bond motifs is 1. The number of hydrogen-bond acceptors (Lipinski definition) is 0. The third-order valence-electron chi connectivity index (χ3n) is 5.43. The van der Waals surface area contributed by atoms with Gasteiger partial charge in [-0.2, -0.15) is 0 Å². The fourth-order valence-corrected chi connectivity index (χ4v) is 3.83. The Morgan fingerprint density at radius 1 is 0.520 bits per heavy atom. The van der Waals surface area contributed by atoms with Crippen molar-refractivity contribution in [3.8, 4) is 11.1 Å². The first-order valence-corrected chi connectivity index (χ1v) is 10.9. The van der Waals surface area contributed by atoms with Gasteiger partial charge < -0.3 is 0 Å². The molecule has 0 spiro atoms. The molecule has 2 aliphatic rings. The minimum Gasteiger partial charge on any atom is -0.0654 e. The zero-order chi connectivity index (χ0) is 17.6. The van der Waals surface area contributed by atoms with Crippen LogP contribution in [0, 0.1) is 0 Å². The Morgan fingerprint density at radius 2 is 1.08 bits per heavy atom. The van der Waals surface area contributed by atoms with Gasteiger partial charge in [-0.05, 0) is 29.5 Å². The summed E-state index contributed by atoms with van der Waals surface area (Å²) in [6.07, 6.45) is 19.8. The first-order chi connectivity index (χ1) is 12.4. The summed E-state index contributed by atoms with van der Waals surface area (Å²) < 4.78 is 0. The second-order valence-corrected chi connectivity index (χ2v) is 7.63. The number of hydrogen-bond donors (Lipinski definition) is 0. The van der Waals surface area contributed by atoms with Crippen molar-refractivity contribution in [1.82, 2.24) is 0 Å². The van der Waals surface area contributed by atoms with Crippen LogP contribution in [0.5, 0.6) is 0 Å². The fourth-order valence-electron chi connectivity index (χ4n) is 3.83. The summed E-state index contributed by atoms with van der Waals surface area (Å²) >= 11 is 0. The van der Waals surface area contributed by atoms with Crippen molar-refractivity contribution in [2.24, 2.45) is 0 Å². The van der Waals surface area contributed by atoms with E-state index in [9.17, 15) is 0 Å². The molecule has 0 N–H and O–H groups in total. The monoisotopic (exact) mass is 338 g/mol. The van der Waals surface area contributed by atoms with Crippen LogP contribution < -0.4 is 0 Å². The molecule has 0 fully saturated rings. The van der Waals surface area contributed by atoms with Crippen LogP contribution in [0.4, 0.5) is 0 Å². The van der Waals surface area contributed by atoms with Gasteiger partial charge in [0, 0.05) is 0 Å². The molecule has 0 unspecified atom stereocenters. The Bertz CT molecular complexity index is 527. The third kappa shape index (κ3) is 8.08. The van der Waals surface area contributed by atoms with Gasteiger partial charge in [-0.1, -0.05) is 126 Å². The van der Waals surface area contributed by atoms with Crippen molar-refractivity contribution in [2.75, 3.05) is 0 Å². The summed E-state index contributed by atoms with van der Waals surface area (Å²) in [5.74, 6) is 0. The molecule has 0 saturated heterocycles. The van der Waals surface area contributed by atoms with E-state index in [1.807, 2.05) is 0 Å². The second kappa shape index (κ2) is 13.0. The molecule has 0 bridgehead atoms. The molecule has 0 aromatic carbocycles. The van der Waals surface area contributed by atoms with Crippen LogP contribution >= 0.6 is 0 Å². The first-order valence-electron chi connectivity index (χ1n) is 10.9. The lowest BCUT2D eigenvalue weighted by Crippen LogP contribution is -1.86. The van der Waals surface area contributed by atoms with Gasteiger partial charge in [-0.15, -0.1) is 0 Å². The van der Waals surface area contributed by atoms with Crippen LogP contribution in [0.25, 0.3) is 11.1 Å². The Labute approximate surface area is 156 Å². The van der Waals surface area contributed by atoms with Gasteiger partial charge in [0.05, 0.1) is 0 Å². The van der Waals surface area contributed by atoms with E-state index in [1.165, 1.54) is 107 Å². The van der Waals surface area contributed by atoms with Crippen molar-refractivity contribution < 1.29 is 0 Å². The molecule has 0 nitrogen and oxygen atoms in total. The van der Waals surface area contributed by atoms with E-state index in [0.717, 1.165) is 0 Å². The zero-order valence-electron chi connectivity index (χ0n) is 16.4. The van der Waals surface area contributed by atoms with Gasteiger partial charge in [-0.3, -0.25) is 0 Å². The van der Waals surface area contributed by atoms with Gasteiger partial charge >= 0.3 is 0 Å². The Kier molecular flexibility index (Phi) is 10.4. The average molecular weight is 339 g/mol. The highest BCUT2D eigenvalue weighted by Crippen LogP contribution is 2.28. The van der Waals surface area contributed by atoms with Crippen LogP contribution in [0.15, 0.2) is 42.5 Å². The highest BCUT2D eigenvalue weighted by Gasteiger charge is 2.06. The van der Waals surface area contributed by atoms with Crippen LogP contribution in [-0.2, 0) is 6.42 Å². The SMILES string of the molecule is CCCCCCCCCCCCCCCc1ccc2cccccc1-2. The summed E-state index contributed by atoms with van der Waals surface area (Å²) in [7, 11) is 0. The molecule has 0 heterocycles. The molecule has 0 amide bonds. The van der Waals surface area contributed by atoms with Gasteiger partial charge in [0.2, 0.25) is 0 Å². The van der Waals surface area contributed by atoms with Gasteiger partial charge in [0.1, 0.15) is 0 Å². The van der Waals surface area contributed by atoms with E-state index in [1.54, 1.807) is 0 Å². The molecular weight excluding hydrogens is 300 g/mol. The predicted octanol–water partition coefficient (Wildman–Crippen LogP) is 8.43. The van der Waals surface area contributed by atoms with Crippen LogP contribution in [0.3, 0.4) is 0 Å². The highest BCUT2D eigenvalue weighted by atomic mass is 14.1. The molecule has 2 aliphatic carbocycles. The Morgan fingerprint density at radius 3 is 1.72 bits per heavy atom. The van der Waals surface area contributed by atoms with Crippen LogP contribution in [-0.4, -0.2) is 0 Å². The van der Waals surface area contributed by atoms with E-state index < -0.39 is 0 Å². The summed E-state index contributed by atoms with van der Waals surface area (Å²) in [5, 5.41) is 0. The van der Waals surface area contributed by atoms with Gasteiger partial charge in [0.15, 0.2) is 0 Å². The van der Waals surface area contributed by atoms with E-state index in [-0.39, 0.29) is 0 Å². The largest absolute Gasteiger partial charge is 0.0654 e. The first kappa shape index (κ1) is 20.0. The summed E-state index contributed by atoms with van der Waals surface area (Å²) in [5.41, 5.74) is 4.37. The fraction of sp³-hybridized carbons (Fsp3) is 0.600. The molecule has 0 saturated carbocycles. The molecule has 0 radical (unpaired) electrons. The lowest BCUT2D eigenvalue weighted by Gasteiger charge is -2.04. The molecule has 0 atom stereocenters. The smallest absolute Gasteiger partial charge is 0.0152 e. The second-order valence-electron chi connectivity index (χ2n) is 7.63.